The number of hydrogen-bond donors (Lipinski definition) is 1. The van der Waals surface area contributed by atoms with Crippen LogP contribution in [0, 0.1) is 0 Å². The van der Waals surface area contributed by atoms with Gasteiger partial charge < -0.3 is 18.9 Å². The number of Topliss-reactive ketones (excluding diaryl/α,β-unsaturated/α-hetero) is 1. The molecule has 164 valence electrons. The fourth-order valence-corrected chi connectivity index (χ4v) is 4.20. The van der Waals surface area contributed by atoms with Crippen molar-refractivity contribution >= 4 is 21.8 Å². The number of methoxy groups -OCH3 is 2. The van der Waals surface area contributed by atoms with Gasteiger partial charge in [0.15, 0.2) is 0 Å². The van der Waals surface area contributed by atoms with E-state index in [0.717, 1.165) is 6.92 Å². The van der Waals surface area contributed by atoms with E-state index in [4.69, 9.17) is 18.9 Å². The summed E-state index contributed by atoms with van der Waals surface area (Å²) in [6.45, 7) is 2.49. The summed E-state index contributed by atoms with van der Waals surface area (Å²) in [6.07, 6.45) is 0. The Kier molecular flexibility index (Phi) is 5.94. The summed E-state index contributed by atoms with van der Waals surface area (Å²) in [7, 11) is -1.33. The first-order valence-electron chi connectivity index (χ1n) is 9.10. The van der Waals surface area contributed by atoms with Crippen LogP contribution < -0.4 is 14.2 Å². The van der Waals surface area contributed by atoms with E-state index in [1.54, 1.807) is 36.4 Å². The fourth-order valence-electron chi connectivity index (χ4n) is 3.19. The van der Waals surface area contributed by atoms with Crippen molar-refractivity contribution in [2.24, 2.45) is 0 Å². The molecule has 0 bridgehead atoms. The molecule has 2 aromatic rings. The molecule has 3 rings (SSSR count). The lowest BCUT2D eigenvalue weighted by molar-refractivity contribution is -0.142. The molecule has 0 aliphatic carbocycles. The van der Waals surface area contributed by atoms with E-state index < -0.39 is 39.0 Å². The van der Waals surface area contributed by atoms with Gasteiger partial charge in [0.1, 0.15) is 11.5 Å². The average Bonchev–Trinajstić information content (AvgIpc) is 2.97. The second kappa shape index (κ2) is 8.31. The predicted molar refractivity (Wildman–Crippen MR) is 109 cm³/mol. The Morgan fingerprint density at radius 1 is 1.00 bits per heavy atom. The Labute approximate surface area is 179 Å². The maximum Gasteiger partial charge on any atom is 0.308 e. The number of esters is 1. The minimum atomic E-state index is -4.14. The maximum atomic E-state index is 13.3. The van der Waals surface area contributed by atoms with E-state index in [9.17, 15) is 18.0 Å². The Hall–Kier alpha value is -3.53. The number of nitrogens with one attached hydrogen (secondary N) is 1. The minimum Gasteiger partial charge on any atom is -0.496 e. The molecule has 1 heterocycles. The Morgan fingerprint density at radius 3 is 2.10 bits per heavy atom. The second-order valence-corrected chi connectivity index (χ2v) is 8.35. The number of hydrogen-bond acceptors (Lipinski definition) is 8. The van der Waals surface area contributed by atoms with Gasteiger partial charge in [-0.15, -0.1) is 0 Å². The molecule has 1 unspecified atom stereocenters. The fraction of sp³-hybridized carbons (Fsp3) is 0.238. The van der Waals surface area contributed by atoms with Crippen LogP contribution in [0.15, 0.2) is 65.1 Å². The number of carbonyl (C=O) groups is 2. The Bertz CT molecular complexity index is 1130. The quantitative estimate of drug-likeness (QED) is 0.642. The molecular weight excluding hydrogens is 426 g/mol. The van der Waals surface area contributed by atoms with Crippen molar-refractivity contribution in [2.45, 2.75) is 24.3 Å². The number of rotatable bonds is 7. The normalized spacial score (nSPS) is 18.4. The molecule has 0 radical (unpaired) electrons. The molecule has 1 aliphatic rings. The molecule has 10 heteroatoms. The number of benzene rings is 2. The first-order chi connectivity index (χ1) is 14.6. The first-order valence-corrected chi connectivity index (χ1v) is 10.6. The highest BCUT2D eigenvalue weighted by Crippen LogP contribution is 2.46. The van der Waals surface area contributed by atoms with Crippen LogP contribution in [-0.4, -0.2) is 34.4 Å². The molecule has 31 heavy (non-hydrogen) atoms. The molecule has 0 fully saturated rings. The van der Waals surface area contributed by atoms with Gasteiger partial charge >= 0.3 is 5.97 Å². The van der Waals surface area contributed by atoms with Gasteiger partial charge in [0.2, 0.25) is 11.4 Å². The summed E-state index contributed by atoms with van der Waals surface area (Å²) in [4.78, 5) is 24.9. The highest BCUT2D eigenvalue weighted by Gasteiger charge is 2.53. The van der Waals surface area contributed by atoms with E-state index in [1.807, 2.05) is 0 Å². The van der Waals surface area contributed by atoms with Crippen LogP contribution in [0.25, 0.3) is 0 Å². The molecule has 2 aromatic carbocycles. The van der Waals surface area contributed by atoms with Crippen LogP contribution in [0.4, 0.5) is 0 Å². The van der Waals surface area contributed by atoms with E-state index in [2.05, 4.69) is 4.72 Å². The van der Waals surface area contributed by atoms with Gasteiger partial charge in [-0.05, 0) is 31.2 Å². The van der Waals surface area contributed by atoms with Gasteiger partial charge in [0.25, 0.3) is 21.7 Å². The summed E-state index contributed by atoms with van der Waals surface area (Å²) in [5, 5.41) is 0. The van der Waals surface area contributed by atoms with Crippen LogP contribution in [0.2, 0.25) is 0 Å². The molecule has 1 aliphatic heterocycles. The van der Waals surface area contributed by atoms with Gasteiger partial charge in [-0.2, -0.15) is 0 Å². The second-order valence-electron chi connectivity index (χ2n) is 6.67. The number of ether oxygens (including phenoxy) is 4. The summed E-state index contributed by atoms with van der Waals surface area (Å²) < 4.78 is 49.4. The van der Waals surface area contributed by atoms with E-state index in [0.29, 0.717) is 0 Å². The lowest BCUT2D eigenvalue weighted by Gasteiger charge is -2.27. The summed E-state index contributed by atoms with van der Waals surface area (Å²) >= 11 is 0. The van der Waals surface area contributed by atoms with Crippen molar-refractivity contribution in [3.8, 4) is 11.5 Å². The minimum absolute atomic E-state index is 0.0656. The maximum absolute atomic E-state index is 13.3. The van der Waals surface area contributed by atoms with Crippen molar-refractivity contribution in [3.63, 3.8) is 0 Å². The summed E-state index contributed by atoms with van der Waals surface area (Å²) in [5.41, 5.74) is -1.58. The molecule has 9 nitrogen and oxygen atoms in total. The standard InChI is InChI=1S/C21H21NO8S/c1-13(23)29-18-19(24)21(2,17-15(27-3)11-8-12-16(17)28-4)30-20(18)22-31(25,26)14-9-6-5-7-10-14/h5-12,22H,1-4H3. The third kappa shape index (κ3) is 4.06. The van der Waals surface area contributed by atoms with Crippen LogP contribution in [0.3, 0.4) is 0 Å². The predicted octanol–water partition coefficient (Wildman–Crippen LogP) is 2.23. The first kappa shape index (κ1) is 22.2. The molecule has 0 amide bonds. The van der Waals surface area contributed by atoms with Gasteiger partial charge in [0.05, 0.1) is 24.7 Å². The number of sulfonamides is 1. The SMILES string of the molecule is COc1cccc(OC)c1C1(C)OC(NS(=O)(=O)c2ccccc2)=C(OC(C)=O)C1=O. The van der Waals surface area contributed by atoms with Crippen LogP contribution in [0.1, 0.15) is 19.4 Å². The van der Waals surface area contributed by atoms with Crippen molar-refractivity contribution in [3.05, 3.63) is 65.7 Å². The van der Waals surface area contributed by atoms with Gasteiger partial charge in [0, 0.05) is 6.92 Å². The zero-order valence-electron chi connectivity index (χ0n) is 17.3. The van der Waals surface area contributed by atoms with E-state index in [-0.39, 0.29) is 22.0 Å². The van der Waals surface area contributed by atoms with Crippen LogP contribution in [-0.2, 0) is 34.7 Å². The Balaban J connectivity index is 2.11. The van der Waals surface area contributed by atoms with Gasteiger partial charge in [-0.3, -0.25) is 9.59 Å². The highest BCUT2D eigenvalue weighted by atomic mass is 32.2. The largest absolute Gasteiger partial charge is 0.496 e. The number of carbonyl (C=O) groups excluding carboxylic acids is 2. The third-order valence-electron chi connectivity index (χ3n) is 4.58. The molecule has 1 atom stereocenters. The zero-order valence-corrected chi connectivity index (χ0v) is 18.1. The average molecular weight is 447 g/mol. The lowest BCUT2D eigenvalue weighted by Crippen LogP contribution is -2.33. The summed E-state index contributed by atoms with van der Waals surface area (Å²) in [5.74, 6) is -2.15. The van der Waals surface area contributed by atoms with Crippen molar-refractivity contribution in [1.82, 2.24) is 4.72 Å². The zero-order chi connectivity index (χ0) is 22.8. The molecule has 0 aromatic heterocycles. The van der Waals surface area contributed by atoms with Gasteiger partial charge in [-0.1, -0.05) is 24.3 Å². The summed E-state index contributed by atoms with van der Waals surface area (Å²) in [6, 6.07) is 12.3. The smallest absolute Gasteiger partial charge is 0.308 e. The highest BCUT2D eigenvalue weighted by molar-refractivity contribution is 7.89. The van der Waals surface area contributed by atoms with Crippen LogP contribution in [0.5, 0.6) is 11.5 Å². The third-order valence-corrected chi connectivity index (χ3v) is 5.93. The molecule has 0 saturated carbocycles. The topological polar surface area (TPSA) is 117 Å². The number of ketones is 1. The van der Waals surface area contributed by atoms with Crippen molar-refractivity contribution in [2.75, 3.05) is 14.2 Å². The van der Waals surface area contributed by atoms with Crippen LogP contribution >= 0.6 is 0 Å². The van der Waals surface area contributed by atoms with Gasteiger partial charge in [-0.25, -0.2) is 13.1 Å². The van der Waals surface area contributed by atoms with E-state index in [1.165, 1.54) is 33.3 Å². The monoisotopic (exact) mass is 447 g/mol. The van der Waals surface area contributed by atoms with Crippen molar-refractivity contribution < 1.29 is 37.0 Å². The van der Waals surface area contributed by atoms with E-state index >= 15 is 0 Å². The lowest BCUT2D eigenvalue weighted by atomic mass is 9.90. The molecule has 1 N–H and O–H groups in total. The molecular formula is C21H21NO8S. The van der Waals surface area contributed by atoms with Crippen molar-refractivity contribution in [1.29, 1.82) is 0 Å². The molecule has 0 saturated heterocycles. The Morgan fingerprint density at radius 2 is 1.58 bits per heavy atom. The molecule has 0 spiro atoms.